The molecule has 2 fully saturated rings. The first-order valence-electron chi connectivity index (χ1n) is 13.8. The summed E-state index contributed by atoms with van der Waals surface area (Å²) in [7, 11) is 0. The Bertz CT molecular complexity index is 796. The van der Waals surface area contributed by atoms with E-state index in [1.54, 1.807) is 11.1 Å². The molecule has 0 spiro atoms. The van der Waals surface area contributed by atoms with Crippen LogP contribution in [0.3, 0.4) is 0 Å². The lowest BCUT2D eigenvalue weighted by Gasteiger charge is -2.37. The SMILES string of the molecule is CCCCC1(C)CCC(c2ccc(-c3ccc(C4CCC(CCC)CC4)cc3)cc2)CC1. The Morgan fingerprint density at radius 3 is 1.62 bits per heavy atom. The van der Waals surface area contributed by atoms with Crippen molar-refractivity contribution in [1.82, 2.24) is 0 Å². The molecule has 2 saturated carbocycles. The summed E-state index contributed by atoms with van der Waals surface area (Å²) in [6, 6.07) is 19.1. The predicted octanol–water partition coefficient (Wildman–Crippen LogP) is 10.3. The monoisotopic (exact) mass is 430 g/mol. The second kappa shape index (κ2) is 11.0. The fourth-order valence-corrected chi connectivity index (χ4v) is 6.59. The summed E-state index contributed by atoms with van der Waals surface area (Å²) in [4.78, 5) is 0. The van der Waals surface area contributed by atoms with Crippen LogP contribution in [0.1, 0.15) is 127 Å². The fourth-order valence-electron chi connectivity index (χ4n) is 6.59. The van der Waals surface area contributed by atoms with E-state index in [-0.39, 0.29) is 0 Å². The van der Waals surface area contributed by atoms with Crippen LogP contribution in [0.2, 0.25) is 0 Å². The summed E-state index contributed by atoms with van der Waals surface area (Å²) in [5.41, 5.74) is 6.47. The van der Waals surface area contributed by atoms with E-state index in [0.29, 0.717) is 5.41 Å². The van der Waals surface area contributed by atoms with Crippen LogP contribution >= 0.6 is 0 Å². The van der Waals surface area contributed by atoms with Crippen LogP contribution in [0, 0.1) is 11.3 Å². The highest BCUT2D eigenvalue weighted by atomic mass is 14.4. The van der Waals surface area contributed by atoms with Gasteiger partial charge in [-0.1, -0.05) is 95.0 Å². The lowest BCUT2D eigenvalue weighted by atomic mass is 9.68. The van der Waals surface area contributed by atoms with Gasteiger partial charge in [-0.3, -0.25) is 0 Å². The summed E-state index contributed by atoms with van der Waals surface area (Å²) in [5.74, 6) is 2.54. The van der Waals surface area contributed by atoms with Gasteiger partial charge in [0.2, 0.25) is 0 Å². The molecule has 0 N–H and O–H groups in total. The molecule has 32 heavy (non-hydrogen) atoms. The first kappa shape index (κ1) is 23.6. The zero-order valence-electron chi connectivity index (χ0n) is 21.0. The van der Waals surface area contributed by atoms with Gasteiger partial charge in [-0.05, 0) is 103 Å². The molecule has 2 aliphatic rings. The van der Waals surface area contributed by atoms with E-state index in [0.717, 1.165) is 17.8 Å². The average molecular weight is 431 g/mol. The molecule has 0 nitrogen and oxygen atoms in total. The van der Waals surface area contributed by atoms with Crippen LogP contribution in [-0.4, -0.2) is 0 Å². The molecular formula is C32H46. The van der Waals surface area contributed by atoms with Gasteiger partial charge in [0, 0.05) is 0 Å². The van der Waals surface area contributed by atoms with Crippen LogP contribution in [0.25, 0.3) is 11.1 Å². The van der Waals surface area contributed by atoms with Crippen LogP contribution < -0.4 is 0 Å². The highest BCUT2D eigenvalue weighted by molar-refractivity contribution is 5.64. The first-order valence-corrected chi connectivity index (χ1v) is 13.8. The smallest absolute Gasteiger partial charge is 0.0162 e. The molecular weight excluding hydrogens is 384 g/mol. The minimum absolute atomic E-state index is 0.601. The normalized spacial score (nSPS) is 28.5. The van der Waals surface area contributed by atoms with Gasteiger partial charge in [0.15, 0.2) is 0 Å². The molecule has 0 aromatic heterocycles. The summed E-state index contributed by atoms with van der Waals surface area (Å²) >= 11 is 0. The number of rotatable bonds is 8. The summed E-state index contributed by atoms with van der Waals surface area (Å²) in [6.07, 6.45) is 18.1. The number of hydrogen-bond acceptors (Lipinski definition) is 0. The molecule has 2 aromatic carbocycles. The van der Waals surface area contributed by atoms with Crippen LogP contribution in [0.5, 0.6) is 0 Å². The highest BCUT2D eigenvalue weighted by Crippen LogP contribution is 2.46. The van der Waals surface area contributed by atoms with Crippen LogP contribution in [0.4, 0.5) is 0 Å². The molecule has 0 atom stereocenters. The Hall–Kier alpha value is -1.56. The predicted molar refractivity (Wildman–Crippen MR) is 140 cm³/mol. The van der Waals surface area contributed by atoms with E-state index in [1.165, 1.54) is 94.6 Å². The minimum Gasteiger partial charge on any atom is -0.0654 e. The Balaban J connectivity index is 1.32. The van der Waals surface area contributed by atoms with Crippen molar-refractivity contribution < 1.29 is 0 Å². The van der Waals surface area contributed by atoms with E-state index >= 15 is 0 Å². The van der Waals surface area contributed by atoms with Crippen LogP contribution in [-0.2, 0) is 0 Å². The molecule has 0 aliphatic heterocycles. The maximum Gasteiger partial charge on any atom is -0.0162 e. The average Bonchev–Trinajstić information content (AvgIpc) is 2.84. The van der Waals surface area contributed by atoms with Crippen molar-refractivity contribution in [3.63, 3.8) is 0 Å². The van der Waals surface area contributed by atoms with E-state index in [9.17, 15) is 0 Å². The van der Waals surface area contributed by atoms with Crippen molar-refractivity contribution in [2.45, 2.75) is 116 Å². The quantitative estimate of drug-likeness (QED) is 0.390. The van der Waals surface area contributed by atoms with Gasteiger partial charge in [0.05, 0.1) is 0 Å². The first-order chi connectivity index (χ1) is 15.6. The third-order valence-corrected chi connectivity index (χ3v) is 8.97. The third kappa shape index (κ3) is 5.86. The van der Waals surface area contributed by atoms with E-state index < -0.39 is 0 Å². The molecule has 0 bridgehead atoms. The third-order valence-electron chi connectivity index (χ3n) is 8.97. The van der Waals surface area contributed by atoms with E-state index in [1.807, 2.05) is 0 Å². The lowest BCUT2D eigenvalue weighted by molar-refractivity contribution is 0.179. The van der Waals surface area contributed by atoms with Crippen molar-refractivity contribution in [2.24, 2.45) is 11.3 Å². The molecule has 0 saturated heterocycles. The van der Waals surface area contributed by atoms with Gasteiger partial charge in [-0.15, -0.1) is 0 Å². The van der Waals surface area contributed by atoms with Crippen molar-refractivity contribution in [2.75, 3.05) is 0 Å². The number of benzene rings is 2. The molecule has 4 rings (SSSR count). The molecule has 0 unspecified atom stereocenters. The maximum atomic E-state index is 2.53. The standard InChI is InChI=1S/C32H46/c1-4-6-22-32(3)23-20-31(21-24-32)30-18-16-29(17-19-30)28-14-12-27(13-15-28)26-10-8-25(7-5-2)9-11-26/h12-19,25-26,31H,4-11,20-24H2,1-3H3. The maximum absolute atomic E-state index is 2.53. The summed E-state index contributed by atoms with van der Waals surface area (Å²) < 4.78 is 0. The van der Waals surface area contributed by atoms with Gasteiger partial charge in [-0.25, -0.2) is 0 Å². The minimum atomic E-state index is 0.601. The second-order valence-corrected chi connectivity index (χ2v) is 11.4. The molecule has 0 heterocycles. The number of unbranched alkanes of at least 4 members (excludes halogenated alkanes) is 1. The molecule has 0 amide bonds. The summed E-state index contributed by atoms with van der Waals surface area (Å²) in [5, 5.41) is 0. The molecule has 2 aliphatic carbocycles. The Morgan fingerprint density at radius 1 is 0.656 bits per heavy atom. The van der Waals surface area contributed by atoms with Crippen molar-refractivity contribution in [3.05, 3.63) is 59.7 Å². The summed E-state index contributed by atoms with van der Waals surface area (Å²) in [6.45, 7) is 7.18. The lowest BCUT2D eigenvalue weighted by Crippen LogP contribution is -2.23. The molecule has 2 aromatic rings. The highest BCUT2D eigenvalue weighted by Gasteiger charge is 2.31. The molecule has 0 heteroatoms. The Morgan fingerprint density at radius 2 is 1.16 bits per heavy atom. The second-order valence-electron chi connectivity index (χ2n) is 11.4. The van der Waals surface area contributed by atoms with Crippen LogP contribution in [0.15, 0.2) is 48.5 Å². The Kier molecular flexibility index (Phi) is 8.14. The van der Waals surface area contributed by atoms with E-state index in [2.05, 4.69) is 69.3 Å². The zero-order valence-corrected chi connectivity index (χ0v) is 21.0. The molecule has 174 valence electrons. The fraction of sp³-hybridized carbons (Fsp3) is 0.625. The number of hydrogen-bond donors (Lipinski definition) is 0. The van der Waals surface area contributed by atoms with Crippen molar-refractivity contribution in [1.29, 1.82) is 0 Å². The van der Waals surface area contributed by atoms with E-state index in [4.69, 9.17) is 0 Å². The zero-order chi connectivity index (χ0) is 22.4. The largest absolute Gasteiger partial charge is 0.0654 e. The Labute approximate surface area is 198 Å². The molecule has 0 radical (unpaired) electrons. The van der Waals surface area contributed by atoms with Gasteiger partial charge in [-0.2, -0.15) is 0 Å². The van der Waals surface area contributed by atoms with Crippen molar-refractivity contribution in [3.8, 4) is 11.1 Å². The van der Waals surface area contributed by atoms with Gasteiger partial charge in [0.25, 0.3) is 0 Å². The van der Waals surface area contributed by atoms with Gasteiger partial charge < -0.3 is 0 Å². The van der Waals surface area contributed by atoms with Gasteiger partial charge >= 0.3 is 0 Å². The van der Waals surface area contributed by atoms with Crippen molar-refractivity contribution >= 4 is 0 Å². The topological polar surface area (TPSA) is 0 Å². The van der Waals surface area contributed by atoms with Gasteiger partial charge in [0.1, 0.15) is 0 Å².